The first-order chi connectivity index (χ1) is 7.50. The van der Waals surface area contributed by atoms with E-state index in [1.165, 1.54) is 0 Å². The lowest BCUT2D eigenvalue weighted by Gasteiger charge is -2.34. The fourth-order valence-electron chi connectivity index (χ4n) is 1.90. The molecule has 0 aromatic heterocycles. The maximum absolute atomic E-state index is 12.3. The number of hydrogen-bond donors (Lipinski definition) is 0. The van der Waals surface area contributed by atoms with Gasteiger partial charge >= 0.3 is 0 Å². The molecule has 0 fully saturated rings. The lowest BCUT2D eigenvalue weighted by molar-refractivity contribution is 0.0575. The van der Waals surface area contributed by atoms with Gasteiger partial charge in [-0.15, -0.1) is 0 Å². The predicted molar refractivity (Wildman–Crippen MR) is 62.7 cm³/mol. The minimum absolute atomic E-state index is 0.0561. The SMILES string of the molecule is CC(C)(C)N1CCOc2ccccc2C1=O. The number of fused-ring (bicyclic) bond motifs is 1. The molecule has 3 nitrogen and oxygen atoms in total. The van der Waals surface area contributed by atoms with Crippen molar-refractivity contribution in [1.82, 2.24) is 4.90 Å². The van der Waals surface area contributed by atoms with Crippen LogP contribution in [0.25, 0.3) is 0 Å². The number of hydrogen-bond acceptors (Lipinski definition) is 2. The van der Waals surface area contributed by atoms with E-state index in [1.54, 1.807) is 0 Å². The number of amides is 1. The van der Waals surface area contributed by atoms with E-state index in [4.69, 9.17) is 4.74 Å². The summed E-state index contributed by atoms with van der Waals surface area (Å²) in [4.78, 5) is 14.2. The maximum Gasteiger partial charge on any atom is 0.258 e. The highest BCUT2D eigenvalue weighted by molar-refractivity contribution is 5.97. The van der Waals surface area contributed by atoms with E-state index in [-0.39, 0.29) is 11.4 Å². The largest absolute Gasteiger partial charge is 0.491 e. The summed E-state index contributed by atoms with van der Waals surface area (Å²) in [5.41, 5.74) is 0.493. The first-order valence-corrected chi connectivity index (χ1v) is 5.54. The molecule has 0 bridgehead atoms. The smallest absolute Gasteiger partial charge is 0.258 e. The monoisotopic (exact) mass is 219 g/mol. The molecule has 1 aliphatic rings. The van der Waals surface area contributed by atoms with Crippen molar-refractivity contribution < 1.29 is 9.53 Å². The first kappa shape index (κ1) is 11.0. The van der Waals surface area contributed by atoms with Gasteiger partial charge in [-0.05, 0) is 32.9 Å². The van der Waals surface area contributed by atoms with Gasteiger partial charge in [0.2, 0.25) is 0 Å². The fraction of sp³-hybridized carbons (Fsp3) is 0.462. The summed E-state index contributed by atoms with van der Waals surface area (Å²) in [6.07, 6.45) is 0. The summed E-state index contributed by atoms with van der Waals surface area (Å²) in [5.74, 6) is 0.750. The number of carbonyl (C=O) groups excluding carboxylic acids is 1. The van der Waals surface area contributed by atoms with E-state index in [2.05, 4.69) is 0 Å². The molecular weight excluding hydrogens is 202 g/mol. The Bertz CT molecular complexity index is 407. The van der Waals surface area contributed by atoms with Crippen molar-refractivity contribution >= 4 is 5.91 Å². The third kappa shape index (κ3) is 1.90. The molecule has 1 aromatic rings. The summed E-state index contributed by atoms with van der Waals surface area (Å²) >= 11 is 0. The van der Waals surface area contributed by atoms with Crippen molar-refractivity contribution in [1.29, 1.82) is 0 Å². The molecule has 0 saturated heterocycles. The van der Waals surface area contributed by atoms with Crippen LogP contribution < -0.4 is 4.74 Å². The number of benzene rings is 1. The second-order valence-corrected chi connectivity index (χ2v) is 4.97. The van der Waals surface area contributed by atoms with E-state index in [0.29, 0.717) is 24.5 Å². The molecule has 0 unspecified atom stereocenters. The summed E-state index contributed by atoms with van der Waals surface area (Å²) in [7, 11) is 0. The molecular formula is C13H17NO2. The second kappa shape index (κ2) is 3.81. The van der Waals surface area contributed by atoms with Gasteiger partial charge in [-0.25, -0.2) is 0 Å². The zero-order chi connectivity index (χ0) is 11.8. The molecule has 0 N–H and O–H groups in total. The zero-order valence-electron chi connectivity index (χ0n) is 9.99. The average Bonchev–Trinajstić information content (AvgIpc) is 2.38. The van der Waals surface area contributed by atoms with Crippen LogP contribution in [0.5, 0.6) is 5.75 Å². The van der Waals surface area contributed by atoms with Crippen LogP contribution in [0.1, 0.15) is 31.1 Å². The Labute approximate surface area is 96.0 Å². The Morgan fingerprint density at radius 2 is 1.94 bits per heavy atom. The number of carbonyl (C=O) groups is 1. The lowest BCUT2D eigenvalue weighted by Crippen LogP contribution is -2.46. The molecule has 1 heterocycles. The van der Waals surface area contributed by atoms with Crippen molar-refractivity contribution in [3.63, 3.8) is 0 Å². The molecule has 16 heavy (non-hydrogen) atoms. The van der Waals surface area contributed by atoms with Gasteiger partial charge in [-0.2, -0.15) is 0 Å². The molecule has 1 aromatic carbocycles. The molecule has 3 heteroatoms. The van der Waals surface area contributed by atoms with Crippen LogP contribution in [-0.2, 0) is 0 Å². The number of nitrogens with zero attached hydrogens (tertiary/aromatic N) is 1. The van der Waals surface area contributed by atoms with E-state index in [9.17, 15) is 4.79 Å². The third-order valence-corrected chi connectivity index (χ3v) is 2.74. The molecule has 0 spiro atoms. The zero-order valence-corrected chi connectivity index (χ0v) is 9.99. The minimum atomic E-state index is -0.169. The van der Waals surface area contributed by atoms with Gasteiger partial charge in [-0.1, -0.05) is 12.1 Å². The van der Waals surface area contributed by atoms with Crippen LogP contribution in [0.15, 0.2) is 24.3 Å². The van der Waals surface area contributed by atoms with Crippen LogP contribution in [-0.4, -0.2) is 29.5 Å². The molecule has 86 valence electrons. The average molecular weight is 219 g/mol. The molecule has 0 atom stereocenters. The Balaban J connectivity index is 2.41. The number of ether oxygens (including phenoxy) is 1. The first-order valence-electron chi connectivity index (χ1n) is 5.54. The van der Waals surface area contributed by atoms with Gasteiger partial charge in [0.25, 0.3) is 5.91 Å². The van der Waals surface area contributed by atoms with E-state index in [0.717, 1.165) is 0 Å². The normalized spacial score (nSPS) is 16.4. The van der Waals surface area contributed by atoms with Gasteiger partial charge < -0.3 is 9.64 Å². The minimum Gasteiger partial charge on any atom is -0.491 e. The predicted octanol–water partition coefficient (Wildman–Crippen LogP) is 2.32. The van der Waals surface area contributed by atoms with Gasteiger partial charge in [-0.3, -0.25) is 4.79 Å². The van der Waals surface area contributed by atoms with Gasteiger partial charge in [0.1, 0.15) is 12.4 Å². The maximum atomic E-state index is 12.3. The van der Waals surface area contributed by atoms with Crippen molar-refractivity contribution in [2.45, 2.75) is 26.3 Å². The second-order valence-electron chi connectivity index (χ2n) is 4.97. The molecule has 1 amide bonds. The molecule has 1 aliphatic heterocycles. The van der Waals surface area contributed by atoms with Crippen LogP contribution in [0.3, 0.4) is 0 Å². The molecule has 0 aliphatic carbocycles. The van der Waals surface area contributed by atoms with E-state index >= 15 is 0 Å². The Kier molecular flexibility index (Phi) is 2.62. The number of rotatable bonds is 0. The van der Waals surface area contributed by atoms with Gasteiger partial charge in [0, 0.05) is 5.54 Å². The van der Waals surface area contributed by atoms with Crippen molar-refractivity contribution in [2.75, 3.05) is 13.2 Å². The van der Waals surface area contributed by atoms with Crippen molar-refractivity contribution in [3.05, 3.63) is 29.8 Å². The summed E-state index contributed by atoms with van der Waals surface area (Å²) in [5, 5.41) is 0. The van der Waals surface area contributed by atoms with Crippen LogP contribution in [0.4, 0.5) is 0 Å². The number of para-hydroxylation sites is 1. The topological polar surface area (TPSA) is 29.5 Å². The Morgan fingerprint density at radius 1 is 1.25 bits per heavy atom. The van der Waals surface area contributed by atoms with Crippen LogP contribution in [0, 0.1) is 0 Å². The summed E-state index contributed by atoms with van der Waals surface area (Å²) < 4.78 is 5.58. The van der Waals surface area contributed by atoms with E-state index in [1.807, 2.05) is 49.9 Å². The highest BCUT2D eigenvalue weighted by Gasteiger charge is 2.30. The fourth-order valence-corrected chi connectivity index (χ4v) is 1.90. The quantitative estimate of drug-likeness (QED) is 0.670. The third-order valence-electron chi connectivity index (χ3n) is 2.74. The standard InChI is InChI=1S/C13H17NO2/c1-13(2,3)14-8-9-16-11-7-5-4-6-10(11)12(14)15/h4-7H,8-9H2,1-3H3. The Morgan fingerprint density at radius 3 is 2.62 bits per heavy atom. The van der Waals surface area contributed by atoms with Crippen LogP contribution >= 0.6 is 0 Å². The molecule has 0 radical (unpaired) electrons. The summed E-state index contributed by atoms with van der Waals surface area (Å²) in [6, 6.07) is 7.42. The highest BCUT2D eigenvalue weighted by atomic mass is 16.5. The Hall–Kier alpha value is -1.51. The van der Waals surface area contributed by atoms with Crippen molar-refractivity contribution in [3.8, 4) is 5.75 Å². The van der Waals surface area contributed by atoms with Crippen LogP contribution in [0.2, 0.25) is 0 Å². The van der Waals surface area contributed by atoms with Gasteiger partial charge in [0.15, 0.2) is 0 Å². The van der Waals surface area contributed by atoms with E-state index < -0.39 is 0 Å². The van der Waals surface area contributed by atoms with Crippen molar-refractivity contribution in [2.24, 2.45) is 0 Å². The molecule has 2 rings (SSSR count). The lowest BCUT2D eigenvalue weighted by atomic mass is 10.0. The molecule has 0 saturated carbocycles. The van der Waals surface area contributed by atoms with Gasteiger partial charge in [0.05, 0.1) is 12.1 Å². The highest BCUT2D eigenvalue weighted by Crippen LogP contribution is 2.26. The summed E-state index contributed by atoms with van der Waals surface area (Å²) in [6.45, 7) is 7.31.